The van der Waals surface area contributed by atoms with Gasteiger partial charge in [-0.05, 0) is 41.5 Å². The first-order valence-corrected chi connectivity index (χ1v) is 11.2. The number of nitrogens with zero attached hydrogens (tertiary/aromatic N) is 2. The zero-order valence-electron chi connectivity index (χ0n) is 19.9. The molecule has 4 aliphatic heterocycles. The molecule has 10 nitrogen and oxygen atoms in total. The maximum atomic E-state index is 11.8. The number of nitrogens with one attached hydrogen (secondary N) is 2. The standard InChI is InChI=1S/2C11H18N2O3/c2*1-11(2,3)16-10(15)13-5-7-4-12-9(14)8(7)6-13/h2*7-8H,4-6H2,1-3H3,(H,12,14)/t2*7-,8+/m10/s1. The van der Waals surface area contributed by atoms with E-state index in [4.69, 9.17) is 9.47 Å². The second-order valence-corrected chi connectivity index (χ2v) is 11.0. The molecule has 4 rings (SSSR count). The van der Waals surface area contributed by atoms with Gasteiger partial charge in [-0.2, -0.15) is 0 Å². The summed E-state index contributed by atoms with van der Waals surface area (Å²) in [5.41, 5.74) is -0.950. The molecule has 4 fully saturated rings. The molecular weight excluding hydrogens is 416 g/mol. The van der Waals surface area contributed by atoms with Gasteiger partial charge >= 0.3 is 12.2 Å². The first kappa shape index (κ1) is 24.1. The van der Waals surface area contributed by atoms with Crippen molar-refractivity contribution in [3.8, 4) is 0 Å². The summed E-state index contributed by atoms with van der Waals surface area (Å²) in [7, 11) is 0. The maximum Gasteiger partial charge on any atom is 0.410 e. The summed E-state index contributed by atoms with van der Waals surface area (Å²) in [6.07, 6.45) is -0.621. The van der Waals surface area contributed by atoms with Crippen molar-refractivity contribution in [1.82, 2.24) is 20.4 Å². The number of hydrogen-bond acceptors (Lipinski definition) is 6. The van der Waals surface area contributed by atoms with E-state index in [1.807, 2.05) is 41.5 Å². The molecule has 10 heteroatoms. The Morgan fingerprint density at radius 2 is 1.06 bits per heavy atom. The highest BCUT2D eigenvalue weighted by Crippen LogP contribution is 2.29. The molecule has 4 heterocycles. The van der Waals surface area contributed by atoms with Crippen LogP contribution in [-0.4, -0.2) is 84.3 Å². The molecule has 0 aliphatic carbocycles. The van der Waals surface area contributed by atoms with Crippen LogP contribution in [0.3, 0.4) is 0 Å². The smallest absolute Gasteiger partial charge is 0.410 e. The van der Waals surface area contributed by atoms with Crippen LogP contribution in [0.15, 0.2) is 0 Å². The Balaban J connectivity index is 0.000000181. The van der Waals surface area contributed by atoms with Crippen LogP contribution < -0.4 is 10.6 Å². The lowest BCUT2D eigenvalue weighted by atomic mass is 10.0. The fourth-order valence-corrected chi connectivity index (χ4v) is 4.43. The predicted octanol–water partition coefficient (Wildman–Crippen LogP) is 1.20. The Kier molecular flexibility index (Phi) is 6.62. The zero-order valence-corrected chi connectivity index (χ0v) is 19.9. The van der Waals surface area contributed by atoms with E-state index in [2.05, 4.69) is 10.6 Å². The molecule has 0 aromatic heterocycles. The number of likely N-dealkylation sites (tertiary alicyclic amines) is 2. The monoisotopic (exact) mass is 452 g/mol. The average Bonchev–Trinajstić information content (AvgIpc) is 3.37. The third-order valence-corrected chi connectivity index (χ3v) is 5.94. The van der Waals surface area contributed by atoms with Crippen molar-refractivity contribution < 1.29 is 28.7 Å². The fraction of sp³-hybridized carbons (Fsp3) is 0.818. The van der Waals surface area contributed by atoms with E-state index in [9.17, 15) is 19.2 Å². The highest BCUT2D eigenvalue weighted by molar-refractivity contribution is 5.83. The Bertz CT molecular complexity index is 707. The predicted molar refractivity (Wildman–Crippen MR) is 116 cm³/mol. The summed E-state index contributed by atoms with van der Waals surface area (Å²) in [5.74, 6) is 0.590. The van der Waals surface area contributed by atoms with Crippen LogP contribution in [0.25, 0.3) is 0 Å². The van der Waals surface area contributed by atoms with Gasteiger partial charge in [0.2, 0.25) is 11.8 Å². The molecule has 4 amide bonds. The minimum absolute atomic E-state index is 0.0347. The number of carbonyl (C=O) groups excluding carboxylic acids is 4. The van der Waals surface area contributed by atoms with Gasteiger partial charge in [0.05, 0.1) is 11.8 Å². The molecule has 0 aromatic carbocycles. The van der Waals surface area contributed by atoms with Crippen molar-refractivity contribution in [3.63, 3.8) is 0 Å². The Morgan fingerprint density at radius 1 is 0.719 bits per heavy atom. The van der Waals surface area contributed by atoms with Crippen LogP contribution in [0.2, 0.25) is 0 Å². The molecule has 0 spiro atoms. The molecule has 0 bridgehead atoms. The van der Waals surface area contributed by atoms with E-state index in [0.717, 1.165) is 0 Å². The normalized spacial score (nSPS) is 28.9. The second-order valence-electron chi connectivity index (χ2n) is 11.0. The third-order valence-electron chi connectivity index (χ3n) is 5.94. The molecule has 32 heavy (non-hydrogen) atoms. The molecule has 180 valence electrons. The van der Waals surface area contributed by atoms with E-state index in [0.29, 0.717) is 39.3 Å². The largest absolute Gasteiger partial charge is 0.444 e. The minimum Gasteiger partial charge on any atom is -0.444 e. The molecule has 0 aromatic rings. The number of ether oxygens (including phenoxy) is 2. The van der Waals surface area contributed by atoms with E-state index >= 15 is 0 Å². The molecule has 4 saturated heterocycles. The molecule has 4 atom stereocenters. The number of hydrogen-bond donors (Lipinski definition) is 2. The van der Waals surface area contributed by atoms with E-state index in [-0.39, 0.29) is 47.7 Å². The van der Waals surface area contributed by atoms with E-state index in [1.54, 1.807) is 9.80 Å². The van der Waals surface area contributed by atoms with Gasteiger partial charge in [0.15, 0.2) is 0 Å². The molecule has 4 aliphatic rings. The van der Waals surface area contributed by atoms with E-state index in [1.165, 1.54) is 0 Å². The van der Waals surface area contributed by atoms with Gasteiger partial charge in [-0.3, -0.25) is 9.59 Å². The first-order valence-electron chi connectivity index (χ1n) is 11.2. The summed E-state index contributed by atoms with van der Waals surface area (Å²) in [6.45, 7) is 14.6. The van der Waals surface area contributed by atoms with Crippen molar-refractivity contribution >= 4 is 24.0 Å². The van der Waals surface area contributed by atoms with Crippen LogP contribution in [0, 0.1) is 23.7 Å². The third kappa shape index (κ3) is 5.83. The summed E-state index contributed by atoms with van der Waals surface area (Å²) in [5, 5.41) is 5.62. The Morgan fingerprint density at radius 3 is 1.34 bits per heavy atom. The zero-order chi connectivity index (χ0) is 23.8. The van der Waals surface area contributed by atoms with Crippen LogP contribution in [0.5, 0.6) is 0 Å². The van der Waals surface area contributed by atoms with Gasteiger partial charge in [-0.15, -0.1) is 0 Å². The maximum absolute atomic E-state index is 11.8. The molecule has 0 unspecified atom stereocenters. The highest BCUT2D eigenvalue weighted by Gasteiger charge is 2.45. The van der Waals surface area contributed by atoms with Crippen molar-refractivity contribution in [3.05, 3.63) is 0 Å². The number of fused-ring (bicyclic) bond motifs is 2. The average molecular weight is 453 g/mol. The number of rotatable bonds is 0. The van der Waals surface area contributed by atoms with Crippen LogP contribution in [0.4, 0.5) is 9.59 Å². The Labute approximate surface area is 189 Å². The van der Waals surface area contributed by atoms with Gasteiger partial charge in [-0.1, -0.05) is 0 Å². The van der Waals surface area contributed by atoms with Crippen LogP contribution >= 0.6 is 0 Å². The van der Waals surface area contributed by atoms with Gasteiger partial charge < -0.3 is 29.9 Å². The molecule has 0 radical (unpaired) electrons. The van der Waals surface area contributed by atoms with Crippen molar-refractivity contribution in [2.45, 2.75) is 52.7 Å². The summed E-state index contributed by atoms with van der Waals surface area (Å²) >= 11 is 0. The molecule has 2 N–H and O–H groups in total. The fourth-order valence-electron chi connectivity index (χ4n) is 4.43. The van der Waals surface area contributed by atoms with Gasteiger partial charge in [-0.25, -0.2) is 9.59 Å². The van der Waals surface area contributed by atoms with Gasteiger partial charge in [0, 0.05) is 51.1 Å². The lowest BCUT2D eigenvalue weighted by molar-refractivity contribution is -0.123. The van der Waals surface area contributed by atoms with Crippen molar-refractivity contribution in [2.75, 3.05) is 39.3 Å². The molecular formula is C22H36N4O6. The topological polar surface area (TPSA) is 117 Å². The quantitative estimate of drug-likeness (QED) is 0.570. The lowest BCUT2D eigenvalue weighted by Gasteiger charge is -2.24. The lowest BCUT2D eigenvalue weighted by Crippen LogP contribution is -2.37. The Hall–Kier alpha value is -2.52. The SMILES string of the molecule is CC(C)(C)OC(=O)N1C[C@@H]2CNC(=O)[C@@H]2C1.CC(C)(C)OC(=O)N1C[C@H]2CNC(=O)[C@H]2C1. The first-order chi connectivity index (χ1) is 14.7. The van der Waals surface area contributed by atoms with E-state index < -0.39 is 11.2 Å². The van der Waals surface area contributed by atoms with Crippen LogP contribution in [-0.2, 0) is 19.1 Å². The number of amides is 4. The molecule has 0 saturated carbocycles. The number of carbonyl (C=O) groups is 4. The van der Waals surface area contributed by atoms with Gasteiger partial charge in [0.25, 0.3) is 0 Å². The highest BCUT2D eigenvalue weighted by atomic mass is 16.6. The summed E-state index contributed by atoms with van der Waals surface area (Å²) in [4.78, 5) is 49.7. The summed E-state index contributed by atoms with van der Waals surface area (Å²) < 4.78 is 10.6. The van der Waals surface area contributed by atoms with Crippen molar-refractivity contribution in [1.29, 1.82) is 0 Å². The van der Waals surface area contributed by atoms with Gasteiger partial charge in [0.1, 0.15) is 11.2 Å². The van der Waals surface area contributed by atoms with Crippen molar-refractivity contribution in [2.24, 2.45) is 23.7 Å². The second kappa shape index (κ2) is 8.78. The van der Waals surface area contributed by atoms with Crippen LogP contribution in [0.1, 0.15) is 41.5 Å². The minimum atomic E-state index is -0.475. The summed E-state index contributed by atoms with van der Waals surface area (Å²) in [6, 6.07) is 0.